The third kappa shape index (κ3) is 6.30. The van der Waals surface area contributed by atoms with E-state index in [9.17, 15) is 13.2 Å². The predicted molar refractivity (Wildman–Crippen MR) is 153 cm³/mol. The van der Waals surface area contributed by atoms with E-state index in [0.29, 0.717) is 17.5 Å². The van der Waals surface area contributed by atoms with Gasteiger partial charge in [0.25, 0.3) is 0 Å². The van der Waals surface area contributed by atoms with Crippen LogP contribution in [-0.2, 0) is 27.8 Å². The Kier molecular flexibility index (Phi) is 9.29. The highest BCUT2D eigenvalue weighted by Gasteiger charge is 2.41. The van der Waals surface area contributed by atoms with Crippen LogP contribution in [0, 0.1) is 25.7 Å². The van der Waals surface area contributed by atoms with Gasteiger partial charge < -0.3 is 19.3 Å². The quantitative estimate of drug-likeness (QED) is 0.413. The molecule has 2 aliphatic heterocycles. The van der Waals surface area contributed by atoms with Gasteiger partial charge in [-0.15, -0.1) is 0 Å². The number of fused-ring (bicyclic) bond motifs is 1. The Morgan fingerprint density at radius 1 is 1.07 bits per heavy atom. The van der Waals surface area contributed by atoms with Crippen LogP contribution in [0.1, 0.15) is 68.0 Å². The van der Waals surface area contributed by atoms with Crippen LogP contribution in [0.15, 0.2) is 27.6 Å². The van der Waals surface area contributed by atoms with Crippen molar-refractivity contribution in [2.45, 2.75) is 89.1 Å². The number of ketones is 1. The van der Waals surface area contributed by atoms with Gasteiger partial charge in [-0.25, -0.2) is 0 Å². The Balaban J connectivity index is 1.40. The van der Waals surface area contributed by atoms with Crippen LogP contribution in [0.4, 0.5) is 0 Å². The van der Waals surface area contributed by atoms with Gasteiger partial charge in [-0.3, -0.25) is 9.69 Å². The van der Waals surface area contributed by atoms with Crippen molar-refractivity contribution in [1.29, 1.82) is 0 Å². The summed E-state index contributed by atoms with van der Waals surface area (Å²) in [7, 11) is -4.07. The summed E-state index contributed by atoms with van der Waals surface area (Å²) < 4.78 is 36.7. The zero-order valence-corrected chi connectivity index (χ0v) is 24.9. The van der Waals surface area contributed by atoms with Crippen molar-refractivity contribution in [3.8, 4) is 5.75 Å². The van der Waals surface area contributed by atoms with Crippen LogP contribution >= 0.6 is 0 Å². The summed E-state index contributed by atoms with van der Waals surface area (Å²) in [4.78, 5) is 16.7. The van der Waals surface area contributed by atoms with Gasteiger partial charge in [0.1, 0.15) is 11.4 Å². The first-order valence-corrected chi connectivity index (χ1v) is 16.4. The molecule has 0 saturated carbocycles. The maximum atomic E-state index is 14.2. The van der Waals surface area contributed by atoms with E-state index in [0.717, 1.165) is 89.7 Å². The normalized spacial score (nSPS) is 21.8. The molecule has 2 atom stereocenters. The number of benzene rings is 1. The van der Waals surface area contributed by atoms with Gasteiger partial charge in [0.2, 0.25) is 0 Å². The molecule has 0 radical (unpaired) electrons. The minimum Gasteiger partial charge on any atom is -0.379 e. The summed E-state index contributed by atoms with van der Waals surface area (Å²) in [5.74, 6) is 1.45. The van der Waals surface area contributed by atoms with Crippen LogP contribution < -0.4 is 14.8 Å². The standard InChI is InChI=1S/C30H44N4O5S/c1-4-17-34(28(23-9-13-31-14-10-23)29(35)24-11-15-32-16-12-24)26-7-5-22-6-8-27(19-25(22)18-26)39-40(36,37)30-20(2)33-38-21(30)3/h6,8,19,23-24,26,28,31-32H,4-5,7,9-18H2,1-3H3. The molecule has 2 fully saturated rings. The molecule has 0 spiro atoms. The minimum absolute atomic E-state index is 0.0153. The first-order valence-electron chi connectivity index (χ1n) is 15.0. The number of piperidine rings is 2. The number of rotatable bonds is 10. The van der Waals surface area contributed by atoms with Crippen molar-refractivity contribution in [3.63, 3.8) is 0 Å². The van der Waals surface area contributed by atoms with Crippen LogP contribution in [0.2, 0.25) is 0 Å². The zero-order valence-electron chi connectivity index (χ0n) is 24.1. The third-order valence-electron chi connectivity index (χ3n) is 8.98. The maximum Gasteiger partial charge on any atom is 0.344 e. The number of aryl methyl sites for hydroxylation is 3. The summed E-state index contributed by atoms with van der Waals surface area (Å²) in [5.41, 5.74) is 2.60. The Hall–Kier alpha value is -2.27. The Labute approximate surface area is 238 Å². The van der Waals surface area contributed by atoms with E-state index < -0.39 is 10.1 Å². The molecule has 0 amide bonds. The first kappa shape index (κ1) is 29.2. The number of Topliss-reactive ketones (excluding diaryl/α,β-unsaturated/α-hetero) is 1. The zero-order chi connectivity index (χ0) is 28.3. The monoisotopic (exact) mass is 572 g/mol. The number of carbonyl (C=O) groups is 1. The van der Waals surface area contributed by atoms with Crippen molar-refractivity contribution in [2.24, 2.45) is 11.8 Å². The van der Waals surface area contributed by atoms with Gasteiger partial charge in [-0.05, 0) is 127 Å². The van der Waals surface area contributed by atoms with Gasteiger partial charge in [-0.2, -0.15) is 8.42 Å². The molecule has 40 heavy (non-hydrogen) atoms. The number of aromatic nitrogens is 1. The van der Waals surface area contributed by atoms with E-state index in [1.54, 1.807) is 19.9 Å². The molecule has 220 valence electrons. The maximum absolute atomic E-state index is 14.2. The van der Waals surface area contributed by atoms with Gasteiger partial charge >= 0.3 is 10.1 Å². The molecule has 9 nitrogen and oxygen atoms in total. The summed E-state index contributed by atoms with van der Waals surface area (Å²) in [6.07, 6.45) is 7.57. The van der Waals surface area contributed by atoms with Crippen molar-refractivity contribution >= 4 is 15.9 Å². The molecule has 2 aromatic rings. The second-order valence-corrected chi connectivity index (χ2v) is 13.2. The molecule has 10 heteroatoms. The number of nitrogens with zero attached hydrogens (tertiary/aromatic N) is 2. The second kappa shape index (κ2) is 12.7. The fraction of sp³-hybridized carbons (Fsp3) is 0.667. The Morgan fingerprint density at radius 3 is 2.42 bits per heavy atom. The topological polar surface area (TPSA) is 114 Å². The van der Waals surface area contributed by atoms with Crippen LogP contribution in [-0.4, -0.2) is 69.1 Å². The molecule has 1 aliphatic carbocycles. The average molecular weight is 573 g/mol. The lowest BCUT2D eigenvalue weighted by Crippen LogP contribution is -2.56. The molecular weight excluding hydrogens is 528 g/mol. The predicted octanol–water partition coefficient (Wildman–Crippen LogP) is 3.57. The van der Waals surface area contributed by atoms with E-state index in [1.165, 1.54) is 5.56 Å². The van der Waals surface area contributed by atoms with Gasteiger partial charge in [-0.1, -0.05) is 18.1 Å². The largest absolute Gasteiger partial charge is 0.379 e. The summed E-state index contributed by atoms with van der Waals surface area (Å²) >= 11 is 0. The van der Waals surface area contributed by atoms with Crippen molar-refractivity contribution in [1.82, 2.24) is 20.7 Å². The average Bonchev–Trinajstić information content (AvgIpc) is 3.31. The smallest absolute Gasteiger partial charge is 0.344 e. The number of carbonyl (C=O) groups excluding carboxylic acids is 1. The molecule has 3 aliphatic rings. The third-order valence-corrected chi connectivity index (χ3v) is 10.5. The highest BCUT2D eigenvalue weighted by Crippen LogP contribution is 2.34. The van der Waals surface area contributed by atoms with E-state index in [-0.39, 0.29) is 34.4 Å². The molecule has 2 unspecified atom stereocenters. The highest BCUT2D eigenvalue weighted by atomic mass is 32.2. The molecule has 1 aromatic carbocycles. The molecular formula is C30H44N4O5S. The minimum atomic E-state index is -4.07. The number of hydrogen-bond acceptors (Lipinski definition) is 9. The molecule has 1 aromatic heterocycles. The molecule has 3 heterocycles. The van der Waals surface area contributed by atoms with Crippen molar-refractivity contribution in [2.75, 3.05) is 32.7 Å². The lowest BCUT2D eigenvalue weighted by molar-refractivity contribution is -0.133. The molecule has 2 N–H and O–H groups in total. The summed E-state index contributed by atoms with van der Waals surface area (Å²) in [6.45, 7) is 10.0. The highest BCUT2D eigenvalue weighted by molar-refractivity contribution is 7.87. The summed E-state index contributed by atoms with van der Waals surface area (Å²) in [6, 6.07) is 5.76. The number of nitrogens with one attached hydrogen (secondary N) is 2. The fourth-order valence-corrected chi connectivity index (χ4v) is 8.26. The van der Waals surface area contributed by atoms with E-state index >= 15 is 0 Å². The van der Waals surface area contributed by atoms with Gasteiger partial charge in [0, 0.05) is 12.0 Å². The SMILES string of the molecule is CCCN(C1CCc2ccc(OS(=O)(=O)c3c(C)noc3C)cc2C1)C(C(=O)C1CCNCC1)C1CCNCC1. The Bertz CT molecular complexity index is 1260. The van der Waals surface area contributed by atoms with Gasteiger partial charge in [0.05, 0.1) is 6.04 Å². The fourth-order valence-electron chi connectivity index (χ4n) is 7.03. The van der Waals surface area contributed by atoms with Crippen LogP contribution in [0.25, 0.3) is 0 Å². The number of hydrogen-bond donors (Lipinski definition) is 2. The Morgan fingerprint density at radius 2 is 1.77 bits per heavy atom. The van der Waals surface area contributed by atoms with Crippen molar-refractivity contribution in [3.05, 3.63) is 40.8 Å². The molecule has 0 bridgehead atoms. The van der Waals surface area contributed by atoms with Gasteiger partial charge in [0.15, 0.2) is 16.4 Å². The van der Waals surface area contributed by atoms with Crippen molar-refractivity contribution < 1.29 is 21.9 Å². The second-order valence-electron chi connectivity index (χ2n) is 11.7. The molecule has 5 rings (SSSR count). The van der Waals surface area contributed by atoms with E-state index in [2.05, 4.69) is 27.6 Å². The first-order chi connectivity index (χ1) is 19.3. The van der Waals surface area contributed by atoms with E-state index in [1.807, 2.05) is 12.1 Å². The van der Waals surface area contributed by atoms with E-state index in [4.69, 9.17) is 8.71 Å². The summed E-state index contributed by atoms with van der Waals surface area (Å²) in [5, 5.41) is 10.7. The van der Waals surface area contributed by atoms with Crippen LogP contribution in [0.3, 0.4) is 0 Å². The van der Waals surface area contributed by atoms with Crippen LogP contribution in [0.5, 0.6) is 5.75 Å². The molecule has 2 saturated heterocycles. The lowest BCUT2D eigenvalue weighted by atomic mass is 9.78. The lowest BCUT2D eigenvalue weighted by Gasteiger charge is -2.45.